The van der Waals surface area contributed by atoms with Crippen molar-refractivity contribution in [3.05, 3.63) is 59.9 Å². The van der Waals surface area contributed by atoms with Crippen molar-refractivity contribution in [2.24, 2.45) is 0 Å². The normalized spacial score (nSPS) is 10.9. The molecule has 2 heterocycles. The van der Waals surface area contributed by atoms with Crippen LogP contribution in [-0.4, -0.2) is 26.5 Å². The molecular formula is C17H13N5O2. The Morgan fingerprint density at radius 3 is 2.92 bits per heavy atom. The quantitative estimate of drug-likeness (QED) is 0.604. The summed E-state index contributed by atoms with van der Waals surface area (Å²) in [7, 11) is 0. The number of nitrogens with zero attached hydrogens (tertiary/aromatic N) is 3. The highest BCUT2D eigenvalue weighted by Crippen LogP contribution is 2.23. The smallest absolute Gasteiger partial charge is 0.291 e. The largest absolute Gasteiger partial charge is 0.451 e. The van der Waals surface area contributed by atoms with E-state index in [1.54, 1.807) is 18.2 Å². The Hall–Kier alpha value is -3.48. The zero-order valence-corrected chi connectivity index (χ0v) is 12.8. The number of aromatic amines is 1. The molecule has 1 amide bonds. The molecule has 0 bridgehead atoms. The standard InChI is InChI=1S/C17H13N5O2/c1-10-5-6-14-12(7-10)9-15(24-14)17(23)18-13-4-2-3-11(8-13)16-19-21-22-20-16/h2-9H,1H3,(H,18,23)(H,19,20,21,22). The van der Waals surface area contributed by atoms with Gasteiger partial charge in [0.25, 0.3) is 5.91 Å². The first-order chi connectivity index (χ1) is 11.7. The number of furan rings is 1. The minimum absolute atomic E-state index is 0.264. The molecule has 2 aromatic heterocycles. The molecular weight excluding hydrogens is 306 g/mol. The van der Waals surface area contributed by atoms with Gasteiger partial charge in [-0.25, -0.2) is 0 Å². The van der Waals surface area contributed by atoms with Crippen LogP contribution in [0.25, 0.3) is 22.4 Å². The average Bonchev–Trinajstić information content (AvgIpc) is 3.24. The van der Waals surface area contributed by atoms with Gasteiger partial charge in [0.1, 0.15) is 5.58 Å². The summed E-state index contributed by atoms with van der Waals surface area (Å²) in [5.41, 5.74) is 3.18. The van der Waals surface area contributed by atoms with Crippen LogP contribution >= 0.6 is 0 Å². The highest BCUT2D eigenvalue weighted by Gasteiger charge is 2.13. The van der Waals surface area contributed by atoms with Crippen LogP contribution in [0.3, 0.4) is 0 Å². The second kappa shape index (κ2) is 5.62. The number of hydrogen-bond acceptors (Lipinski definition) is 5. The maximum atomic E-state index is 12.4. The van der Waals surface area contributed by atoms with Crippen molar-refractivity contribution >= 4 is 22.6 Å². The maximum Gasteiger partial charge on any atom is 0.291 e. The van der Waals surface area contributed by atoms with Crippen LogP contribution in [-0.2, 0) is 0 Å². The molecule has 2 N–H and O–H groups in total. The third kappa shape index (κ3) is 2.63. The topological polar surface area (TPSA) is 96.7 Å². The van der Waals surface area contributed by atoms with E-state index in [0.717, 1.165) is 16.5 Å². The molecule has 0 atom stereocenters. The molecule has 7 nitrogen and oxygen atoms in total. The second-order valence-electron chi connectivity index (χ2n) is 5.42. The van der Waals surface area contributed by atoms with Gasteiger partial charge in [-0.3, -0.25) is 4.79 Å². The molecule has 4 aromatic rings. The van der Waals surface area contributed by atoms with Gasteiger partial charge in [0.15, 0.2) is 5.76 Å². The summed E-state index contributed by atoms with van der Waals surface area (Å²) < 4.78 is 5.61. The molecule has 7 heteroatoms. The number of carbonyl (C=O) groups is 1. The monoisotopic (exact) mass is 319 g/mol. The zero-order valence-electron chi connectivity index (χ0n) is 12.8. The van der Waals surface area contributed by atoms with E-state index in [1.165, 1.54) is 0 Å². The third-order valence-corrected chi connectivity index (χ3v) is 3.62. The van der Waals surface area contributed by atoms with Crippen molar-refractivity contribution in [2.45, 2.75) is 6.92 Å². The number of tetrazole rings is 1. The maximum absolute atomic E-state index is 12.4. The van der Waals surface area contributed by atoms with Crippen molar-refractivity contribution in [1.82, 2.24) is 20.6 Å². The third-order valence-electron chi connectivity index (χ3n) is 3.62. The molecule has 0 aliphatic carbocycles. The molecule has 0 unspecified atom stereocenters. The first kappa shape index (κ1) is 14.1. The lowest BCUT2D eigenvalue weighted by Crippen LogP contribution is -2.10. The Bertz CT molecular complexity index is 1020. The van der Waals surface area contributed by atoms with Crippen LogP contribution in [0.15, 0.2) is 52.9 Å². The van der Waals surface area contributed by atoms with Crippen LogP contribution in [0.2, 0.25) is 0 Å². The molecule has 2 aromatic carbocycles. The van der Waals surface area contributed by atoms with Crippen LogP contribution < -0.4 is 5.32 Å². The molecule has 0 saturated heterocycles. The van der Waals surface area contributed by atoms with Crippen molar-refractivity contribution in [2.75, 3.05) is 5.32 Å². The van der Waals surface area contributed by atoms with Crippen LogP contribution in [0.1, 0.15) is 16.1 Å². The van der Waals surface area contributed by atoms with E-state index in [-0.39, 0.29) is 11.7 Å². The van der Waals surface area contributed by atoms with Crippen LogP contribution in [0, 0.1) is 6.92 Å². The number of amides is 1. The minimum atomic E-state index is -0.311. The van der Waals surface area contributed by atoms with Gasteiger partial charge in [0, 0.05) is 16.6 Å². The van der Waals surface area contributed by atoms with E-state index in [0.29, 0.717) is 17.1 Å². The lowest BCUT2D eigenvalue weighted by molar-refractivity contribution is 0.0998. The van der Waals surface area contributed by atoms with Gasteiger partial charge in [-0.05, 0) is 42.5 Å². The van der Waals surface area contributed by atoms with Crippen molar-refractivity contribution in [3.8, 4) is 11.4 Å². The highest BCUT2D eigenvalue weighted by atomic mass is 16.3. The van der Waals surface area contributed by atoms with E-state index in [2.05, 4.69) is 25.9 Å². The molecule has 0 aliphatic rings. The molecule has 0 radical (unpaired) electrons. The lowest BCUT2D eigenvalue weighted by atomic mass is 10.2. The summed E-state index contributed by atoms with van der Waals surface area (Å²) in [6, 6.07) is 14.7. The predicted molar refractivity (Wildman–Crippen MR) is 88.5 cm³/mol. The summed E-state index contributed by atoms with van der Waals surface area (Å²) in [5.74, 6) is 0.417. The van der Waals surface area contributed by atoms with Gasteiger partial charge in [0.05, 0.1) is 0 Å². The fraction of sp³-hybridized carbons (Fsp3) is 0.0588. The van der Waals surface area contributed by atoms with Gasteiger partial charge in [0.2, 0.25) is 5.82 Å². The Morgan fingerprint density at radius 1 is 1.17 bits per heavy atom. The van der Waals surface area contributed by atoms with Crippen molar-refractivity contribution in [1.29, 1.82) is 0 Å². The van der Waals surface area contributed by atoms with E-state index in [9.17, 15) is 4.79 Å². The molecule has 0 spiro atoms. The van der Waals surface area contributed by atoms with E-state index in [1.807, 2.05) is 37.3 Å². The van der Waals surface area contributed by atoms with E-state index in [4.69, 9.17) is 4.42 Å². The lowest BCUT2D eigenvalue weighted by Gasteiger charge is -2.04. The van der Waals surface area contributed by atoms with Gasteiger partial charge >= 0.3 is 0 Å². The van der Waals surface area contributed by atoms with Crippen molar-refractivity contribution in [3.63, 3.8) is 0 Å². The fourth-order valence-corrected chi connectivity index (χ4v) is 2.49. The zero-order chi connectivity index (χ0) is 16.5. The van der Waals surface area contributed by atoms with E-state index >= 15 is 0 Å². The summed E-state index contributed by atoms with van der Waals surface area (Å²) in [4.78, 5) is 12.4. The summed E-state index contributed by atoms with van der Waals surface area (Å²) in [6.07, 6.45) is 0. The molecule has 0 saturated carbocycles. The summed E-state index contributed by atoms with van der Waals surface area (Å²) >= 11 is 0. The van der Waals surface area contributed by atoms with Crippen molar-refractivity contribution < 1.29 is 9.21 Å². The first-order valence-corrected chi connectivity index (χ1v) is 7.34. The van der Waals surface area contributed by atoms with Gasteiger partial charge in [-0.2, -0.15) is 5.21 Å². The molecule has 0 aliphatic heterocycles. The Kier molecular flexibility index (Phi) is 3.31. The number of nitrogens with one attached hydrogen (secondary N) is 2. The number of fused-ring (bicyclic) bond motifs is 1. The Morgan fingerprint density at radius 2 is 2.08 bits per heavy atom. The van der Waals surface area contributed by atoms with E-state index < -0.39 is 0 Å². The Balaban J connectivity index is 1.60. The average molecular weight is 319 g/mol. The SMILES string of the molecule is Cc1ccc2oc(C(=O)Nc3cccc(-c4nn[nH]n4)c3)cc2c1. The molecule has 24 heavy (non-hydrogen) atoms. The molecule has 0 fully saturated rings. The Labute approximate surface area is 136 Å². The van der Waals surface area contributed by atoms with Crippen LogP contribution in [0.4, 0.5) is 5.69 Å². The molecule has 4 rings (SSSR count). The van der Waals surface area contributed by atoms with Gasteiger partial charge < -0.3 is 9.73 Å². The number of H-pyrrole nitrogens is 1. The number of carbonyl (C=O) groups excluding carboxylic acids is 1. The second-order valence-corrected chi connectivity index (χ2v) is 5.42. The number of rotatable bonds is 3. The van der Waals surface area contributed by atoms with Crippen LogP contribution in [0.5, 0.6) is 0 Å². The summed E-state index contributed by atoms with van der Waals surface area (Å²) in [6.45, 7) is 2.00. The number of aryl methyl sites for hydroxylation is 1. The fourth-order valence-electron chi connectivity index (χ4n) is 2.49. The van der Waals surface area contributed by atoms with Gasteiger partial charge in [-0.1, -0.05) is 23.8 Å². The first-order valence-electron chi connectivity index (χ1n) is 7.34. The number of benzene rings is 2. The number of anilines is 1. The summed E-state index contributed by atoms with van der Waals surface area (Å²) in [5, 5.41) is 17.5. The number of aromatic nitrogens is 4. The number of hydrogen-bond donors (Lipinski definition) is 2. The highest BCUT2D eigenvalue weighted by molar-refractivity contribution is 6.04. The minimum Gasteiger partial charge on any atom is -0.451 e. The molecule has 118 valence electrons. The predicted octanol–water partition coefficient (Wildman–Crippen LogP) is 3.17. The van der Waals surface area contributed by atoms with Gasteiger partial charge in [-0.15, -0.1) is 10.2 Å².